The first-order valence-corrected chi connectivity index (χ1v) is 6.37. The van der Waals surface area contributed by atoms with E-state index in [1.807, 2.05) is 32.3 Å². The van der Waals surface area contributed by atoms with Gasteiger partial charge in [-0.2, -0.15) is 0 Å². The van der Waals surface area contributed by atoms with Crippen LogP contribution in [0.25, 0.3) is 0 Å². The van der Waals surface area contributed by atoms with Crippen molar-refractivity contribution in [1.29, 1.82) is 0 Å². The lowest BCUT2D eigenvalue weighted by Crippen LogP contribution is -2.62. The number of likely N-dealkylation sites (tertiary alicyclic amines) is 1. The Morgan fingerprint density at radius 3 is 2.79 bits per heavy atom. The minimum Gasteiger partial charge on any atom is -0.497 e. The first-order valence-electron chi connectivity index (χ1n) is 6.37. The minimum absolute atomic E-state index is 0.0368. The molecule has 2 atom stereocenters. The molecule has 104 valence electrons. The number of hydrogen-bond donors (Lipinski definition) is 1. The molecule has 1 aliphatic rings. The molecule has 0 radical (unpaired) electrons. The molecule has 5 nitrogen and oxygen atoms in total. The lowest BCUT2D eigenvalue weighted by Gasteiger charge is -2.40. The number of benzene rings is 1. The van der Waals surface area contributed by atoms with Crippen LogP contribution in [0.4, 0.5) is 0 Å². The van der Waals surface area contributed by atoms with Crippen molar-refractivity contribution in [2.24, 2.45) is 5.73 Å². The average molecular weight is 263 g/mol. The standard InChI is InChI=1S/C14H21N3O2/c1-16(2)13(9-17-8-12(15)14(17)18)10-5-4-6-11(7-10)19-3/h4-7,12-13H,8-9,15H2,1-3H3. The van der Waals surface area contributed by atoms with Crippen molar-refractivity contribution in [3.63, 3.8) is 0 Å². The van der Waals surface area contributed by atoms with Crippen molar-refractivity contribution in [2.45, 2.75) is 12.1 Å². The van der Waals surface area contributed by atoms with E-state index in [-0.39, 0.29) is 18.0 Å². The van der Waals surface area contributed by atoms with Crippen LogP contribution in [0.15, 0.2) is 24.3 Å². The molecule has 0 saturated carbocycles. The smallest absolute Gasteiger partial charge is 0.241 e. The second-order valence-electron chi connectivity index (χ2n) is 5.11. The lowest BCUT2D eigenvalue weighted by molar-refractivity contribution is -0.143. The summed E-state index contributed by atoms with van der Waals surface area (Å²) in [6.45, 7) is 1.31. The van der Waals surface area contributed by atoms with Crippen LogP contribution in [0.5, 0.6) is 5.75 Å². The van der Waals surface area contributed by atoms with E-state index < -0.39 is 0 Å². The molecule has 19 heavy (non-hydrogen) atoms. The van der Waals surface area contributed by atoms with Crippen molar-refractivity contribution in [3.05, 3.63) is 29.8 Å². The third-order valence-corrected chi connectivity index (χ3v) is 3.54. The molecule has 0 bridgehead atoms. The van der Waals surface area contributed by atoms with Crippen LogP contribution in [0.3, 0.4) is 0 Å². The maximum Gasteiger partial charge on any atom is 0.241 e. The average Bonchev–Trinajstić information content (AvgIpc) is 2.42. The summed E-state index contributed by atoms with van der Waals surface area (Å²) in [5.74, 6) is 0.866. The summed E-state index contributed by atoms with van der Waals surface area (Å²) < 4.78 is 5.25. The molecule has 1 aromatic rings. The van der Waals surface area contributed by atoms with Crippen LogP contribution >= 0.6 is 0 Å². The number of likely N-dealkylation sites (N-methyl/N-ethyl adjacent to an activating group) is 1. The minimum atomic E-state index is -0.312. The molecule has 1 aliphatic heterocycles. The molecule has 1 heterocycles. The summed E-state index contributed by atoms with van der Waals surface area (Å²) in [6, 6.07) is 7.78. The van der Waals surface area contributed by atoms with Crippen molar-refractivity contribution in [2.75, 3.05) is 34.3 Å². The maximum absolute atomic E-state index is 11.6. The van der Waals surface area contributed by atoms with Crippen LogP contribution in [0, 0.1) is 0 Å². The van der Waals surface area contributed by atoms with Gasteiger partial charge in [0, 0.05) is 13.1 Å². The molecular weight excluding hydrogens is 242 g/mol. The number of carbonyl (C=O) groups excluding carboxylic acids is 1. The highest BCUT2D eigenvalue weighted by Crippen LogP contribution is 2.25. The van der Waals surface area contributed by atoms with Gasteiger partial charge in [0.1, 0.15) is 11.8 Å². The van der Waals surface area contributed by atoms with Crippen LogP contribution in [-0.4, -0.2) is 56.0 Å². The van der Waals surface area contributed by atoms with Gasteiger partial charge in [0.05, 0.1) is 13.2 Å². The van der Waals surface area contributed by atoms with Crippen LogP contribution in [0.1, 0.15) is 11.6 Å². The Kier molecular flexibility index (Phi) is 4.07. The topological polar surface area (TPSA) is 58.8 Å². The fraction of sp³-hybridized carbons (Fsp3) is 0.500. The zero-order valence-corrected chi connectivity index (χ0v) is 11.7. The Labute approximate surface area is 113 Å². The SMILES string of the molecule is COc1cccc(C(CN2CC(N)C2=O)N(C)C)c1. The van der Waals surface area contributed by atoms with Gasteiger partial charge < -0.3 is 20.3 Å². The van der Waals surface area contributed by atoms with E-state index in [1.54, 1.807) is 12.0 Å². The summed E-state index contributed by atoms with van der Waals surface area (Å²) in [6.07, 6.45) is 0. The van der Waals surface area contributed by atoms with Gasteiger partial charge in [-0.25, -0.2) is 0 Å². The highest BCUT2D eigenvalue weighted by Gasteiger charge is 2.35. The first-order chi connectivity index (χ1) is 9.02. The molecule has 0 spiro atoms. The third-order valence-electron chi connectivity index (χ3n) is 3.54. The van der Waals surface area contributed by atoms with Crippen molar-refractivity contribution >= 4 is 5.91 Å². The third kappa shape index (κ3) is 2.88. The fourth-order valence-corrected chi connectivity index (χ4v) is 2.32. The Morgan fingerprint density at radius 2 is 2.26 bits per heavy atom. The number of amides is 1. The molecule has 2 unspecified atom stereocenters. The van der Waals surface area contributed by atoms with E-state index >= 15 is 0 Å². The van der Waals surface area contributed by atoms with Gasteiger partial charge in [0.2, 0.25) is 5.91 Å². The van der Waals surface area contributed by atoms with E-state index in [1.165, 1.54) is 0 Å². The van der Waals surface area contributed by atoms with E-state index in [0.717, 1.165) is 11.3 Å². The first kappa shape index (κ1) is 13.8. The Balaban J connectivity index is 2.13. The molecule has 0 aromatic heterocycles. The molecule has 1 saturated heterocycles. The van der Waals surface area contributed by atoms with E-state index in [2.05, 4.69) is 11.0 Å². The van der Waals surface area contributed by atoms with E-state index in [0.29, 0.717) is 13.1 Å². The Morgan fingerprint density at radius 1 is 1.53 bits per heavy atom. The maximum atomic E-state index is 11.6. The van der Waals surface area contributed by atoms with Gasteiger partial charge in [-0.15, -0.1) is 0 Å². The number of methoxy groups -OCH3 is 1. The number of ether oxygens (including phenoxy) is 1. The quantitative estimate of drug-likeness (QED) is 0.784. The van der Waals surface area contributed by atoms with Crippen LogP contribution in [-0.2, 0) is 4.79 Å². The zero-order valence-electron chi connectivity index (χ0n) is 11.7. The van der Waals surface area contributed by atoms with E-state index in [9.17, 15) is 4.79 Å². The summed E-state index contributed by atoms with van der Waals surface area (Å²) in [5, 5.41) is 0. The largest absolute Gasteiger partial charge is 0.497 e. The van der Waals surface area contributed by atoms with Gasteiger partial charge in [-0.1, -0.05) is 12.1 Å². The van der Waals surface area contributed by atoms with Gasteiger partial charge in [-0.3, -0.25) is 4.79 Å². The normalized spacial score (nSPS) is 20.4. The fourth-order valence-electron chi connectivity index (χ4n) is 2.32. The number of rotatable bonds is 5. The lowest BCUT2D eigenvalue weighted by atomic mass is 10.0. The summed E-state index contributed by atoms with van der Waals surface area (Å²) in [7, 11) is 5.67. The summed E-state index contributed by atoms with van der Waals surface area (Å²) in [5.41, 5.74) is 6.76. The number of hydrogen-bond acceptors (Lipinski definition) is 4. The van der Waals surface area contributed by atoms with Gasteiger partial charge in [0.15, 0.2) is 0 Å². The van der Waals surface area contributed by atoms with Crippen molar-refractivity contribution in [3.8, 4) is 5.75 Å². The molecule has 1 fully saturated rings. The van der Waals surface area contributed by atoms with Gasteiger partial charge >= 0.3 is 0 Å². The van der Waals surface area contributed by atoms with Crippen LogP contribution < -0.4 is 10.5 Å². The second kappa shape index (κ2) is 5.59. The van der Waals surface area contributed by atoms with Crippen molar-refractivity contribution in [1.82, 2.24) is 9.80 Å². The molecule has 1 aromatic carbocycles. The predicted molar refractivity (Wildman–Crippen MR) is 74.0 cm³/mol. The number of carbonyl (C=O) groups is 1. The predicted octanol–water partition coefficient (Wildman–Crippen LogP) is 0.467. The van der Waals surface area contributed by atoms with Gasteiger partial charge in [-0.05, 0) is 31.8 Å². The van der Waals surface area contributed by atoms with Gasteiger partial charge in [0.25, 0.3) is 0 Å². The molecular formula is C14H21N3O2. The molecule has 5 heteroatoms. The Bertz CT molecular complexity index is 462. The van der Waals surface area contributed by atoms with Crippen molar-refractivity contribution < 1.29 is 9.53 Å². The number of nitrogens with zero attached hydrogens (tertiary/aromatic N) is 2. The molecule has 1 amide bonds. The van der Waals surface area contributed by atoms with Crippen LogP contribution in [0.2, 0.25) is 0 Å². The second-order valence-corrected chi connectivity index (χ2v) is 5.11. The molecule has 2 N–H and O–H groups in total. The molecule has 2 rings (SSSR count). The highest BCUT2D eigenvalue weighted by atomic mass is 16.5. The highest BCUT2D eigenvalue weighted by molar-refractivity contribution is 5.87. The number of nitrogens with two attached hydrogens (primary N) is 1. The van der Waals surface area contributed by atoms with E-state index in [4.69, 9.17) is 10.5 Å². The summed E-state index contributed by atoms with van der Waals surface area (Å²) >= 11 is 0. The molecule has 0 aliphatic carbocycles. The zero-order chi connectivity index (χ0) is 14.0. The Hall–Kier alpha value is -1.59. The summed E-state index contributed by atoms with van der Waals surface area (Å²) in [4.78, 5) is 15.5. The number of β-lactam (4-membered cyclic amide) rings is 1. The monoisotopic (exact) mass is 263 g/mol.